The monoisotopic (exact) mass is 252 g/mol. The molecule has 1 aromatic rings. The molecule has 7 nitrogen and oxygen atoms in total. The van der Waals surface area contributed by atoms with Crippen molar-refractivity contribution in [2.45, 2.75) is 12.5 Å². The van der Waals surface area contributed by atoms with Gasteiger partial charge in [-0.3, -0.25) is 9.59 Å². The molecule has 0 radical (unpaired) electrons. The fraction of sp³-hybridized carbons (Fsp3) is 0.182. The molecule has 0 heterocycles. The normalized spacial score (nSPS) is 11.6. The molecule has 1 atom stereocenters. The van der Waals surface area contributed by atoms with E-state index in [9.17, 15) is 19.5 Å². The second-order valence-electron chi connectivity index (χ2n) is 3.59. The van der Waals surface area contributed by atoms with Gasteiger partial charge in [0.1, 0.15) is 11.8 Å². The van der Waals surface area contributed by atoms with E-state index in [1.807, 2.05) is 0 Å². The smallest absolute Gasteiger partial charge is 0.326 e. The Morgan fingerprint density at radius 2 is 2.00 bits per heavy atom. The zero-order chi connectivity index (χ0) is 13.7. The molecule has 0 bridgehead atoms. The number of amides is 2. The van der Waals surface area contributed by atoms with Gasteiger partial charge in [0.25, 0.3) is 5.91 Å². The molecule has 0 aromatic heterocycles. The van der Waals surface area contributed by atoms with Gasteiger partial charge in [-0.05, 0) is 18.2 Å². The zero-order valence-electron chi connectivity index (χ0n) is 9.29. The van der Waals surface area contributed by atoms with Gasteiger partial charge in [0, 0.05) is 5.56 Å². The third kappa shape index (κ3) is 3.78. The van der Waals surface area contributed by atoms with Gasteiger partial charge < -0.3 is 21.3 Å². The number of carboxylic acid groups (broad SMARTS) is 1. The number of carbonyl (C=O) groups is 3. The molecular formula is C11H12N2O5. The molecule has 96 valence electrons. The summed E-state index contributed by atoms with van der Waals surface area (Å²) < 4.78 is 0. The number of hydrogen-bond acceptors (Lipinski definition) is 4. The van der Waals surface area contributed by atoms with Crippen LogP contribution in [0.15, 0.2) is 24.3 Å². The molecule has 1 rings (SSSR count). The third-order valence-corrected chi connectivity index (χ3v) is 2.12. The van der Waals surface area contributed by atoms with Crippen molar-refractivity contribution >= 4 is 17.8 Å². The molecule has 0 spiro atoms. The molecule has 7 heteroatoms. The van der Waals surface area contributed by atoms with Crippen molar-refractivity contribution in [2.75, 3.05) is 0 Å². The first-order valence-electron chi connectivity index (χ1n) is 5.01. The van der Waals surface area contributed by atoms with Gasteiger partial charge >= 0.3 is 5.97 Å². The van der Waals surface area contributed by atoms with Gasteiger partial charge in [-0.25, -0.2) is 4.79 Å². The molecule has 0 aliphatic heterocycles. The molecule has 2 amide bonds. The van der Waals surface area contributed by atoms with Crippen LogP contribution in [-0.4, -0.2) is 34.0 Å². The van der Waals surface area contributed by atoms with E-state index in [4.69, 9.17) is 10.8 Å². The van der Waals surface area contributed by atoms with Gasteiger partial charge in [-0.15, -0.1) is 0 Å². The van der Waals surface area contributed by atoms with Crippen LogP contribution >= 0.6 is 0 Å². The van der Waals surface area contributed by atoms with Crippen LogP contribution in [0.2, 0.25) is 0 Å². The van der Waals surface area contributed by atoms with E-state index in [0.29, 0.717) is 0 Å². The topological polar surface area (TPSA) is 130 Å². The zero-order valence-corrected chi connectivity index (χ0v) is 9.29. The highest BCUT2D eigenvalue weighted by atomic mass is 16.4. The Balaban J connectivity index is 2.78. The van der Waals surface area contributed by atoms with Crippen molar-refractivity contribution in [3.8, 4) is 5.75 Å². The lowest BCUT2D eigenvalue weighted by Crippen LogP contribution is -2.43. The van der Waals surface area contributed by atoms with E-state index in [1.165, 1.54) is 24.3 Å². The number of carbonyl (C=O) groups excluding carboxylic acids is 2. The minimum atomic E-state index is -1.39. The van der Waals surface area contributed by atoms with Crippen molar-refractivity contribution in [3.63, 3.8) is 0 Å². The summed E-state index contributed by atoms with van der Waals surface area (Å²) in [5, 5.41) is 20.1. The number of primary amides is 1. The number of hydrogen-bond donors (Lipinski definition) is 4. The van der Waals surface area contributed by atoms with Crippen LogP contribution in [0.4, 0.5) is 0 Å². The maximum absolute atomic E-state index is 11.7. The van der Waals surface area contributed by atoms with Crippen molar-refractivity contribution in [3.05, 3.63) is 29.8 Å². The van der Waals surface area contributed by atoms with E-state index < -0.39 is 30.2 Å². The van der Waals surface area contributed by atoms with E-state index in [-0.39, 0.29) is 11.3 Å². The van der Waals surface area contributed by atoms with E-state index >= 15 is 0 Å². The van der Waals surface area contributed by atoms with E-state index in [1.54, 1.807) is 0 Å². The summed E-state index contributed by atoms with van der Waals surface area (Å²) >= 11 is 0. The minimum absolute atomic E-state index is 0.0886. The number of aromatic hydroxyl groups is 1. The van der Waals surface area contributed by atoms with Crippen LogP contribution in [0, 0.1) is 0 Å². The Morgan fingerprint density at radius 3 is 2.50 bits per heavy atom. The van der Waals surface area contributed by atoms with Crippen LogP contribution in [0.1, 0.15) is 16.8 Å². The quantitative estimate of drug-likeness (QED) is 0.558. The van der Waals surface area contributed by atoms with Gasteiger partial charge in [0.05, 0.1) is 6.42 Å². The molecule has 0 unspecified atom stereocenters. The number of aliphatic carboxylic acids is 1. The highest BCUT2D eigenvalue weighted by Gasteiger charge is 2.22. The van der Waals surface area contributed by atoms with Gasteiger partial charge in [-0.1, -0.05) is 6.07 Å². The van der Waals surface area contributed by atoms with Crippen LogP contribution in [0.3, 0.4) is 0 Å². The predicted molar refractivity (Wildman–Crippen MR) is 60.8 cm³/mol. The highest BCUT2D eigenvalue weighted by molar-refractivity contribution is 5.97. The van der Waals surface area contributed by atoms with Gasteiger partial charge in [-0.2, -0.15) is 0 Å². The molecule has 0 saturated carbocycles. The number of phenols is 1. The Kier molecular flexibility index (Phi) is 4.25. The van der Waals surface area contributed by atoms with Crippen LogP contribution < -0.4 is 11.1 Å². The van der Waals surface area contributed by atoms with Crippen LogP contribution in [-0.2, 0) is 9.59 Å². The molecule has 0 saturated heterocycles. The summed E-state index contributed by atoms with van der Waals surface area (Å²) in [7, 11) is 0. The predicted octanol–water partition coefficient (Wildman–Crippen LogP) is -0.549. The van der Waals surface area contributed by atoms with E-state index in [0.717, 1.165) is 0 Å². The third-order valence-electron chi connectivity index (χ3n) is 2.12. The van der Waals surface area contributed by atoms with Crippen LogP contribution in [0.5, 0.6) is 5.75 Å². The first kappa shape index (κ1) is 13.5. The molecule has 1 aromatic carbocycles. The van der Waals surface area contributed by atoms with Gasteiger partial charge in [0.15, 0.2) is 0 Å². The summed E-state index contributed by atoms with van der Waals surface area (Å²) in [4.78, 5) is 33.1. The number of nitrogens with one attached hydrogen (secondary N) is 1. The largest absolute Gasteiger partial charge is 0.508 e. The maximum Gasteiger partial charge on any atom is 0.326 e. The molecular weight excluding hydrogens is 240 g/mol. The number of carboxylic acids is 1. The molecule has 0 aliphatic carbocycles. The maximum atomic E-state index is 11.7. The molecule has 0 fully saturated rings. The Labute approximate surface area is 102 Å². The molecule has 0 aliphatic rings. The summed E-state index contributed by atoms with van der Waals surface area (Å²) in [6.07, 6.45) is -0.500. The summed E-state index contributed by atoms with van der Waals surface area (Å²) in [6.45, 7) is 0. The standard InChI is InChI=1S/C11H12N2O5/c12-9(15)5-8(11(17)18)13-10(16)6-2-1-3-7(14)4-6/h1-4,8,14H,5H2,(H2,12,15)(H,13,16)(H,17,18)/t8-/m0/s1. The highest BCUT2D eigenvalue weighted by Crippen LogP contribution is 2.11. The minimum Gasteiger partial charge on any atom is -0.508 e. The molecule has 5 N–H and O–H groups in total. The average Bonchev–Trinajstić information content (AvgIpc) is 2.27. The second-order valence-corrected chi connectivity index (χ2v) is 3.59. The summed E-state index contributed by atoms with van der Waals surface area (Å²) in [5.74, 6) is -3.02. The number of phenolic OH excluding ortho intramolecular Hbond substituents is 1. The number of rotatable bonds is 5. The first-order chi connectivity index (χ1) is 8.40. The Morgan fingerprint density at radius 1 is 1.33 bits per heavy atom. The fourth-order valence-corrected chi connectivity index (χ4v) is 1.29. The lowest BCUT2D eigenvalue weighted by atomic mass is 10.1. The first-order valence-corrected chi connectivity index (χ1v) is 5.01. The SMILES string of the molecule is NC(=O)C[C@H](NC(=O)c1cccc(O)c1)C(=O)O. The Bertz CT molecular complexity index is 486. The molecule has 18 heavy (non-hydrogen) atoms. The Hall–Kier alpha value is -2.57. The van der Waals surface area contributed by atoms with Crippen molar-refractivity contribution in [1.29, 1.82) is 0 Å². The van der Waals surface area contributed by atoms with Crippen molar-refractivity contribution in [1.82, 2.24) is 5.32 Å². The van der Waals surface area contributed by atoms with Crippen molar-refractivity contribution in [2.24, 2.45) is 5.73 Å². The number of nitrogens with two attached hydrogens (primary N) is 1. The second kappa shape index (κ2) is 5.67. The fourth-order valence-electron chi connectivity index (χ4n) is 1.29. The lowest BCUT2D eigenvalue weighted by molar-refractivity contribution is -0.140. The lowest BCUT2D eigenvalue weighted by Gasteiger charge is -2.12. The van der Waals surface area contributed by atoms with E-state index in [2.05, 4.69) is 5.32 Å². The summed E-state index contributed by atoms with van der Waals surface area (Å²) in [5.41, 5.74) is 4.96. The summed E-state index contributed by atoms with van der Waals surface area (Å²) in [6, 6.07) is 4.00. The average molecular weight is 252 g/mol. The number of benzene rings is 1. The van der Waals surface area contributed by atoms with Gasteiger partial charge in [0.2, 0.25) is 5.91 Å². The van der Waals surface area contributed by atoms with Crippen LogP contribution in [0.25, 0.3) is 0 Å². The van der Waals surface area contributed by atoms with Crippen molar-refractivity contribution < 1.29 is 24.6 Å².